The minimum absolute atomic E-state index is 0.0410. The SMILES string of the molecule is CC(C)(C)c1cccc(-c2cc(-c3ccc(C#N)cc3)cc(-c3cccc(C(C)(C)C)c3)c2N)c1. The highest BCUT2D eigenvalue weighted by molar-refractivity contribution is 5.93. The van der Waals surface area contributed by atoms with Crippen LogP contribution in [0.5, 0.6) is 0 Å². The Morgan fingerprint density at radius 1 is 0.571 bits per heavy atom. The second-order valence-electron chi connectivity index (χ2n) is 11.3. The fraction of sp³-hybridized carbons (Fsp3) is 0.242. The van der Waals surface area contributed by atoms with Gasteiger partial charge in [-0.1, -0.05) is 102 Å². The first-order chi connectivity index (χ1) is 16.5. The molecule has 176 valence electrons. The second-order valence-corrected chi connectivity index (χ2v) is 11.3. The van der Waals surface area contributed by atoms with Gasteiger partial charge in [-0.25, -0.2) is 0 Å². The Morgan fingerprint density at radius 3 is 1.43 bits per heavy atom. The molecule has 0 aromatic heterocycles. The lowest BCUT2D eigenvalue weighted by Gasteiger charge is -2.22. The van der Waals surface area contributed by atoms with Crippen LogP contribution in [-0.4, -0.2) is 0 Å². The van der Waals surface area contributed by atoms with E-state index in [1.807, 2.05) is 24.3 Å². The molecule has 0 aliphatic carbocycles. The van der Waals surface area contributed by atoms with Crippen LogP contribution in [0, 0.1) is 11.3 Å². The Labute approximate surface area is 210 Å². The van der Waals surface area contributed by atoms with E-state index in [0.717, 1.165) is 39.1 Å². The number of hydrogen-bond donors (Lipinski definition) is 1. The number of nitrogen functional groups attached to an aromatic ring is 1. The Kier molecular flexibility index (Phi) is 6.30. The molecule has 0 unspecified atom stereocenters. The summed E-state index contributed by atoms with van der Waals surface area (Å²) in [6.45, 7) is 13.4. The highest BCUT2D eigenvalue weighted by Crippen LogP contribution is 2.41. The average Bonchev–Trinajstić information content (AvgIpc) is 2.83. The summed E-state index contributed by atoms with van der Waals surface area (Å²) in [5.41, 5.74) is 17.4. The van der Waals surface area contributed by atoms with Gasteiger partial charge < -0.3 is 5.73 Å². The van der Waals surface area contributed by atoms with E-state index in [1.165, 1.54) is 11.1 Å². The molecule has 35 heavy (non-hydrogen) atoms. The van der Waals surface area contributed by atoms with E-state index < -0.39 is 0 Å². The molecular formula is C33H34N2. The predicted molar refractivity (Wildman–Crippen MR) is 149 cm³/mol. The minimum atomic E-state index is 0.0410. The zero-order valence-electron chi connectivity index (χ0n) is 21.6. The van der Waals surface area contributed by atoms with Crippen molar-refractivity contribution in [2.45, 2.75) is 52.4 Å². The fourth-order valence-electron chi connectivity index (χ4n) is 4.34. The van der Waals surface area contributed by atoms with Crippen LogP contribution in [0.1, 0.15) is 58.2 Å². The Hall–Kier alpha value is -3.83. The first-order valence-electron chi connectivity index (χ1n) is 12.1. The third-order valence-electron chi connectivity index (χ3n) is 6.61. The lowest BCUT2D eigenvalue weighted by Crippen LogP contribution is -2.11. The highest BCUT2D eigenvalue weighted by Gasteiger charge is 2.19. The molecule has 4 aromatic carbocycles. The van der Waals surface area contributed by atoms with Crippen LogP contribution in [0.25, 0.3) is 33.4 Å². The fourth-order valence-corrected chi connectivity index (χ4v) is 4.34. The standard InChI is InChI=1S/C33H34N2/c1-32(2,3)27-11-7-9-24(17-27)29-19-26(23-15-13-22(21-34)14-16-23)20-30(31(29)35)25-10-8-12-28(18-25)33(4,5)6/h7-20H,35H2,1-6H3. The molecule has 2 nitrogen and oxygen atoms in total. The first-order valence-corrected chi connectivity index (χ1v) is 12.1. The molecule has 4 aromatic rings. The van der Waals surface area contributed by atoms with Crippen molar-refractivity contribution in [1.82, 2.24) is 0 Å². The quantitative estimate of drug-likeness (QED) is 0.312. The molecule has 0 bridgehead atoms. The molecule has 2 N–H and O–H groups in total. The normalized spacial score (nSPS) is 11.8. The van der Waals surface area contributed by atoms with Crippen LogP contribution >= 0.6 is 0 Å². The molecule has 0 radical (unpaired) electrons. The van der Waals surface area contributed by atoms with Crippen LogP contribution in [0.4, 0.5) is 5.69 Å². The monoisotopic (exact) mass is 458 g/mol. The van der Waals surface area contributed by atoms with Crippen molar-refractivity contribution in [2.75, 3.05) is 5.73 Å². The van der Waals surface area contributed by atoms with Gasteiger partial charge in [0.2, 0.25) is 0 Å². The van der Waals surface area contributed by atoms with Crippen LogP contribution in [-0.2, 0) is 10.8 Å². The number of benzene rings is 4. The molecule has 0 amide bonds. The van der Waals surface area contributed by atoms with Gasteiger partial charge in [0, 0.05) is 16.8 Å². The minimum Gasteiger partial charge on any atom is -0.398 e. The molecule has 2 heteroatoms. The number of anilines is 1. The van der Waals surface area contributed by atoms with Gasteiger partial charge >= 0.3 is 0 Å². The lowest BCUT2D eigenvalue weighted by atomic mass is 9.83. The van der Waals surface area contributed by atoms with Gasteiger partial charge in [0.15, 0.2) is 0 Å². The lowest BCUT2D eigenvalue weighted by molar-refractivity contribution is 0.590. The zero-order valence-corrected chi connectivity index (χ0v) is 21.6. The van der Waals surface area contributed by atoms with Crippen molar-refractivity contribution in [3.8, 4) is 39.4 Å². The summed E-state index contributed by atoms with van der Waals surface area (Å²) in [5.74, 6) is 0. The summed E-state index contributed by atoms with van der Waals surface area (Å²) in [6.07, 6.45) is 0. The third kappa shape index (κ3) is 5.15. The maximum Gasteiger partial charge on any atom is 0.0991 e. The van der Waals surface area contributed by atoms with Crippen LogP contribution in [0.2, 0.25) is 0 Å². The predicted octanol–water partition coefficient (Wildman–Crippen LogP) is 8.74. The number of rotatable bonds is 3. The van der Waals surface area contributed by atoms with Crippen LogP contribution < -0.4 is 5.73 Å². The molecule has 0 aliphatic rings. The van der Waals surface area contributed by atoms with Gasteiger partial charge in [-0.15, -0.1) is 0 Å². The summed E-state index contributed by atoms with van der Waals surface area (Å²) in [4.78, 5) is 0. The van der Waals surface area contributed by atoms with Gasteiger partial charge in [-0.3, -0.25) is 0 Å². The van der Waals surface area contributed by atoms with E-state index in [4.69, 9.17) is 5.73 Å². The van der Waals surface area contributed by atoms with Crippen molar-refractivity contribution in [3.63, 3.8) is 0 Å². The second kappa shape index (κ2) is 9.08. The molecule has 0 aliphatic heterocycles. The largest absolute Gasteiger partial charge is 0.398 e. The maximum atomic E-state index is 9.24. The van der Waals surface area contributed by atoms with E-state index in [1.54, 1.807) is 0 Å². The maximum absolute atomic E-state index is 9.24. The average molecular weight is 459 g/mol. The molecule has 0 saturated heterocycles. The molecule has 0 saturated carbocycles. The van der Waals surface area contributed by atoms with Crippen LogP contribution in [0.15, 0.2) is 84.9 Å². The Bertz CT molecular complexity index is 1330. The van der Waals surface area contributed by atoms with Gasteiger partial charge in [0.25, 0.3) is 0 Å². The molecule has 0 fully saturated rings. The van der Waals surface area contributed by atoms with Crippen molar-refractivity contribution >= 4 is 5.69 Å². The van der Waals surface area contributed by atoms with E-state index in [2.05, 4.69) is 108 Å². The molecule has 0 spiro atoms. The van der Waals surface area contributed by atoms with Crippen LogP contribution in [0.3, 0.4) is 0 Å². The first kappa shape index (κ1) is 24.3. The molecular weight excluding hydrogens is 424 g/mol. The molecule has 0 atom stereocenters. The molecule has 0 heterocycles. The van der Waals surface area contributed by atoms with Gasteiger partial charge in [0.05, 0.1) is 11.6 Å². The summed E-state index contributed by atoms with van der Waals surface area (Å²) < 4.78 is 0. The summed E-state index contributed by atoms with van der Waals surface area (Å²) in [5, 5.41) is 9.24. The van der Waals surface area contributed by atoms with E-state index in [0.29, 0.717) is 5.56 Å². The number of nitrogens with zero attached hydrogens (tertiary/aromatic N) is 1. The number of hydrogen-bond acceptors (Lipinski definition) is 2. The van der Waals surface area contributed by atoms with Crippen molar-refractivity contribution in [2.24, 2.45) is 0 Å². The van der Waals surface area contributed by atoms with Gasteiger partial charge in [-0.05, 0) is 68.5 Å². The van der Waals surface area contributed by atoms with Crippen molar-refractivity contribution < 1.29 is 0 Å². The highest BCUT2D eigenvalue weighted by atomic mass is 14.6. The van der Waals surface area contributed by atoms with E-state index in [9.17, 15) is 5.26 Å². The summed E-state index contributed by atoms with van der Waals surface area (Å²) >= 11 is 0. The third-order valence-corrected chi connectivity index (χ3v) is 6.61. The summed E-state index contributed by atoms with van der Waals surface area (Å²) in [6, 6.07) is 31.7. The summed E-state index contributed by atoms with van der Waals surface area (Å²) in [7, 11) is 0. The van der Waals surface area contributed by atoms with Crippen molar-refractivity contribution in [1.29, 1.82) is 5.26 Å². The Balaban J connectivity index is 1.97. The molecule has 4 rings (SSSR count). The zero-order chi connectivity index (χ0) is 25.4. The number of nitriles is 1. The van der Waals surface area contributed by atoms with E-state index in [-0.39, 0.29) is 10.8 Å². The van der Waals surface area contributed by atoms with Crippen molar-refractivity contribution in [3.05, 3.63) is 102 Å². The Morgan fingerprint density at radius 2 is 1.03 bits per heavy atom. The topological polar surface area (TPSA) is 49.8 Å². The van der Waals surface area contributed by atoms with E-state index >= 15 is 0 Å². The smallest absolute Gasteiger partial charge is 0.0991 e. The number of nitrogens with two attached hydrogens (primary N) is 1. The van der Waals surface area contributed by atoms with Gasteiger partial charge in [-0.2, -0.15) is 5.26 Å². The van der Waals surface area contributed by atoms with Gasteiger partial charge in [0.1, 0.15) is 0 Å².